The molecule has 0 aliphatic heterocycles. The lowest BCUT2D eigenvalue weighted by Crippen LogP contribution is -2.08. The van der Waals surface area contributed by atoms with Crippen LogP contribution >= 0.6 is 0 Å². The van der Waals surface area contributed by atoms with Crippen molar-refractivity contribution in [3.63, 3.8) is 0 Å². The van der Waals surface area contributed by atoms with Gasteiger partial charge in [-0.05, 0) is 30.4 Å². The lowest BCUT2D eigenvalue weighted by Gasteiger charge is -2.22. The quantitative estimate of drug-likeness (QED) is 0.577. The zero-order valence-corrected chi connectivity index (χ0v) is 10.2. The van der Waals surface area contributed by atoms with Crippen molar-refractivity contribution in [2.45, 2.75) is 32.1 Å². The van der Waals surface area contributed by atoms with E-state index in [1.54, 1.807) is 12.2 Å². The Morgan fingerprint density at radius 1 is 1.18 bits per heavy atom. The average molecular weight is 232 g/mol. The van der Waals surface area contributed by atoms with Gasteiger partial charge in [-0.25, -0.2) is 4.79 Å². The molecule has 1 aliphatic carbocycles. The zero-order chi connectivity index (χ0) is 12.7. The van der Waals surface area contributed by atoms with Crippen LogP contribution in [0.25, 0.3) is 0 Å². The van der Waals surface area contributed by atoms with E-state index in [0.29, 0.717) is 5.92 Å². The fourth-order valence-electron chi connectivity index (χ4n) is 2.17. The SMILES string of the molecule is C=C/C=C(\C=C/C(=C)C(=O)O)C1CCCCC1. The lowest BCUT2D eigenvalue weighted by molar-refractivity contribution is -0.132. The Bertz CT molecular complexity index is 355. The Morgan fingerprint density at radius 3 is 2.35 bits per heavy atom. The van der Waals surface area contributed by atoms with Crippen LogP contribution in [-0.2, 0) is 4.79 Å². The van der Waals surface area contributed by atoms with E-state index in [2.05, 4.69) is 13.2 Å². The van der Waals surface area contributed by atoms with Crippen molar-refractivity contribution in [2.24, 2.45) is 5.92 Å². The number of hydrogen-bond donors (Lipinski definition) is 1. The van der Waals surface area contributed by atoms with Gasteiger partial charge in [0, 0.05) is 0 Å². The number of carboxylic acids is 1. The van der Waals surface area contributed by atoms with Gasteiger partial charge in [0.25, 0.3) is 0 Å². The largest absolute Gasteiger partial charge is 0.478 e. The van der Waals surface area contributed by atoms with Crippen molar-refractivity contribution in [1.29, 1.82) is 0 Å². The molecule has 1 aliphatic rings. The van der Waals surface area contributed by atoms with E-state index in [9.17, 15) is 4.79 Å². The smallest absolute Gasteiger partial charge is 0.335 e. The van der Waals surface area contributed by atoms with Gasteiger partial charge in [-0.1, -0.05) is 50.6 Å². The Morgan fingerprint density at radius 2 is 1.82 bits per heavy atom. The van der Waals surface area contributed by atoms with E-state index >= 15 is 0 Å². The molecule has 0 aromatic heterocycles. The minimum Gasteiger partial charge on any atom is -0.478 e. The Labute approximate surface area is 103 Å². The normalized spacial score (nSPS) is 18.2. The third-order valence-electron chi connectivity index (χ3n) is 3.14. The van der Waals surface area contributed by atoms with Crippen LogP contribution in [0, 0.1) is 5.92 Å². The molecule has 0 atom stereocenters. The summed E-state index contributed by atoms with van der Waals surface area (Å²) in [6, 6.07) is 0. The third kappa shape index (κ3) is 4.43. The van der Waals surface area contributed by atoms with E-state index < -0.39 is 5.97 Å². The summed E-state index contributed by atoms with van der Waals surface area (Å²) < 4.78 is 0. The molecule has 2 heteroatoms. The van der Waals surface area contributed by atoms with Crippen LogP contribution in [0.15, 0.2) is 48.6 Å². The van der Waals surface area contributed by atoms with Gasteiger partial charge in [0.15, 0.2) is 0 Å². The van der Waals surface area contributed by atoms with Gasteiger partial charge in [0.1, 0.15) is 0 Å². The van der Waals surface area contributed by atoms with Gasteiger partial charge >= 0.3 is 5.97 Å². The Kier molecular flexibility index (Phi) is 5.47. The minimum absolute atomic E-state index is 0.121. The molecule has 0 aromatic carbocycles. The van der Waals surface area contributed by atoms with E-state index in [1.807, 2.05) is 12.2 Å². The molecule has 92 valence electrons. The maximum Gasteiger partial charge on any atom is 0.335 e. The molecule has 2 nitrogen and oxygen atoms in total. The molecule has 0 spiro atoms. The summed E-state index contributed by atoms with van der Waals surface area (Å²) in [5, 5.41) is 8.74. The summed E-state index contributed by atoms with van der Waals surface area (Å²) in [5.41, 5.74) is 1.29. The van der Waals surface area contributed by atoms with Gasteiger partial charge in [-0.2, -0.15) is 0 Å². The number of hydrogen-bond acceptors (Lipinski definition) is 1. The van der Waals surface area contributed by atoms with Crippen molar-refractivity contribution < 1.29 is 9.90 Å². The highest BCUT2D eigenvalue weighted by atomic mass is 16.4. The molecule has 0 bridgehead atoms. The fraction of sp³-hybridized carbons (Fsp3) is 0.400. The summed E-state index contributed by atoms with van der Waals surface area (Å²) in [6.07, 6.45) is 13.4. The van der Waals surface area contributed by atoms with Gasteiger partial charge in [-0.3, -0.25) is 0 Å². The maximum atomic E-state index is 10.7. The number of carboxylic acid groups (broad SMARTS) is 1. The van der Waals surface area contributed by atoms with Crippen LogP contribution in [0.3, 0.4) is 0 Å². The predicted octanol–water partition coefficient (Wildman–Crippen LogP) is 3.88. The summed E-state index contributed by atoms with van der Waals surface area (Å²) in [5.74, 6) is -0.428. The van der Waals surface area contributed by atoms with Crippen molar-refractivity contribution in [3.05, 3.63) is 48.6 Å². The number of aliphatic carboxylic acids is 1. The molecule has 0 aromatic rings. The highest BCUT2D eigenvalue weighted by molar-refractivity contribution is 5.89. The van der Waals surface area contributed by atoms with Crippen molar-refractivity contribution in [2.75, 3.05) is 0 Å². The molecule has 0 heterocycles. The highest BCUT2D eigenvalue weighted by Gasteiger charge is 2.15. The fourth-order valence-corrected chi connectivity index (χ4v) is 2.17. The Hall–Kier alpha value is -1.57. The first-order valence-electron chi connectivity index (χ1n) is 6.08. The molecule has 1 N–H and O–H groups in total. The van der Waals surface area contributed by atoms with Crippen molar-refractivity contribution in [3.8, 4) is 0 Å². The second-order valence-corrected chi connectivity index (χ2v) is 4.40. The van der Waals surface area contributed by atoms with Gasteiger partial charge in [-0.15, -0.1) is 0 Å². The zero-order valence-electron chi connectivity index (χ0n) is 10.2. The molecule has 0 amide bonds. The number of carbonyl (C=O) groups is 1. The molecule has 0 unspecified atom stereocenters. The summed E-state index contributed by atoms with van der Waals surface area (Å²) in [6.45, 7) is 7.20. The molecule has 0 saturated heterocycles. The van der Waals surface area contributed by atoms with Crippen molar-refractivity contribution in [1.82, 2.24) is 0 Å². The lowest BCUT2D eigenvalue weighted by atomic mass is 9.83. The standard InChI is InChI=1S/C15H20O2/c1-3-7-13(11-10-12(2)15(16)17)14-8-5-4-6-9-14/h3,7,10-11,14H,1-2,4-6,8-9H2,(H,16,17)/b11-10-,13-7+. The van der Waals surface area contributed by atoms with E-state index in [0.717, 1.165) is 0 Å². The maximum absolute atomic E-state index is 10.7. The van der Waals surface area contributed by atoms with Crippen LogP contribution in [0.5, 0.6) is 0 Å². The van der Waals surface area contributed by atoms with Crippen molar-refractivity contribution >= 4 is 5.97 Å². The first kappa shape index (κ1) is 13.5. The molecule has 17 heavy (non-hydrogen) atoms. The molecule has 1 fully saturated rings. The van der Waals surface area contributed by atoms with Crippen LogP contribution in [0.1, 0.15) is 32.1 Å². The minimum atomic E-state index is -0.970. The Balaban J connectivity index is 2.72. The van der Waals surface area contributed by atoms with Crippen LogP contribution in [0.4, 0.5) is 0 Å². The molecule has 1 saturated carbocycles. The first-order chi connectivity index (χ1) is 8.15. The predicted molar refractivity (Wildman–Crippen MR) is 70.8 cm³/mol. The van der Waals surface area contributed by atoms with Gasteiger partial charge in [0.05, 0.1) is 5.57 Å². The molecule has 1 rings (SSSR count). The highest BCUT2D eigenvalue weighted by Crippen LogP contribution is 2.30. The van der Waals surface area contributed by atoms with Crippen LogP contribution in [-0.4, -0.2) is 11.1 Å². The summed E-state index contributed by atoms with van der Waals surface area (Å²) >= 11 is 0. The van der Waals surface area contributed by atoms with E-state index in [1.165, 1.54) is 37.7 Å². The van der Waals surface area contributed by atoms with Crippen LogP contribution < -0.4 is 0 Å². The molecular formula is C15H20O2. The second kappa shape index (κ2) is 6.89. The average Bonchev–Trinajstić information content (AvgIpc) is 2.35. The van der Waals surface area contributed by atoms with E-state index in [-0.39, 0.29) is 5.57 Å². The van der Waals surface area contributed by atoms with Crippen LogP contribution in [0.2, 0.25) is 0 Å². The second-order valence-electron chi connectivity index (χ2n) is 4.40. The van der Waals surface area contributed by atoms with E-state index in [4.69, 9.17) is 5.11 Å². The number of allylic oxidation sites excluding steroid dienone is 4. The van der Waals surface area contributed by atoms with Gasteiger partial charge in [0.2, 0.25) is 0 Å². The molecular weight excluding hydrogens is 212 g/mol. The molecule has 0 radical (unpaired) electrons. The monoisotopic (exact) mass is 232 g/mol. The van der Waals surface area contributed by atoms with Gasteiger partial charge < -0.3 is 5.11 Å². The summed E-state index contributed by atoms with van der Waals surface area (Å²) in [7, 11) is 0. The third-order valence-corrected chi connectivity index (χ3v) is 3.14. The number of rotatable bonds is 5. The topological polar surface area (TPSA) is 37.3 Å². The summed E-state index contributed by atoms with van der Waals surface area (Å²) in [4.78, 5) is 10.7. The first-order valence-corrected chi connectivity index (χ1v) is 6.08.